The number of aromatic hydroxyl groups is 1. The van der Waals surface area contributed by atoms with Gasteiger partial charge in [-0.15, -0.1) is 0 Å². The molecule has 6 heteroatoms. The summed E-state index contributed by atoms with van der Waals surface area (Å²) in [4.78, 5) is 13.6. The van der Waals surface area contributed by atoms with E-state index < -0.39 is 0 Å². The summed E-state index contributed by atoms with van der Waals surface area (Å²) in [6.07, 6.45) is 0. The number of benzene rings is 2. The van der Waals surface area contributed by atoms with Crippen LogP contribution in [0.3, 0.4) is 0 Å². The lowest BCUT2D eigenvalue weighted by atomic mass is 10.2. The van der Waals surface area contributed by atoms with Crippen LogP contribution in [0.15, 0.2) is 42.5 Å². The minimum Gasteiger partial charge on any atom is -0.504 e. The second-order valence-electron chi connectivity index (χ2n) is 4.75. The monoisotopic (exact) mass is 339 g/mol. The van der Waals surface area contributed by atoms with Gasteiger partial charge in [0, 0.05) is 13.6 Å². The minimum atomic E-state index is -0.214. The average molecular weight is 340 g/mol. The first kappa shape index (κ1) is 16.5. The van der Waals surface area contributed by atoms with Gasteiger partial charge in [-0.05, 0) is 29.8 Å². The number of amides is 1. The van der Waals surface area contributed by atoms with Crippen LogP contribution >= 0.6 is 23.2 Å². The van der Waals surface area contributed by atoms with Gasteiger partial charge in [0.25, 0.3) is 5.91 Å². The second-order valence-corrected chi connectivity index (χ2v) is 5.57. The van der Waals surface area contributed by atoms with E-state index in [1.54, 1.807) is 37.4 Å². The molecule has 0 saturated heterocycles. The third kappa shape index (κ3) is 4.29. The molecular weight excluding hydrogens is 325 g/mol. The topological polar surface area (TPSA) is 49.8 Å². The highest BCUT2D eigenvalue weighted by Crippen LogP contribution is 2.25. The molecule has 0 unspecified atom stereocenters. The fourth-order valence-corrected chi connectivity index (χ4v) is 2.15. The van der Waals surface area contributed by atoms with E-state index in [-0.39, 0.29) is 24.0 Å². The number of phenolic OH excluding ortho intramolecular Hbond substituents is 1. The summed E-state index contributed by atoms with van der Waals surface area (Å²) >= 11 is 11.8. The third-order valence-electron chi connectivity index (χ3n) is 3.05. The Bertz CT molecular complexity index is 676. The summed E-state index contributed by atoms with van der Waals surface area (Å²) in [6.45, 7) is 0.231. The number of ether oxygens (including phenoxy) is 1. The van der Waals surface area contributed by atoms with E-state index in [2.05, 4.69) is 0 Å². The van der Waals surface area contributed by atoms with Gasteiger partial charge in [0.05, 0.1) is 10.0 Å². The van der Waals surface area contributed by atoms with Gasteiger partial charge in [-0.25, -0.2) is 0 Å². The molecule has 0 spiro atoms. The fraction of sp³-hybridized carbons (Fsp3) is 0.188. The first-order chi connectivity index (χ1) is 10.5. The summed E-state index contributed by atoms with van der Waals surface area (Å²) in [7, 11) is 1.67. The molecule has 0 fully saturated rings. The van der Waals surface area contributed by atoms with Crippen LogP contribution in [0.5, 0.6) is 11.5 Å². The number of para-hydroxylation sites is 2. The summed E-state index contributed by atoms with van der Waals surface area (Å²) in [5, 5.41) is 10.5. The molecule has 2 aromatic carbocycles. The minimum absolute atomic E-state index is 0.00226. The summed E-state index contributed by atoms with van der Waals surface area (Å²) < 4.78 is 5.31. The van der Waals surface area contributed by atoms with Crippen LogP contribution in [-0.4, -0.2) is 29.6 Å². The molecule has 116 valence electrons. The molecule has 2 aromatic rings. The number of phenols is 1. The lowest BCUT2D eigenvalue weighted by molar-refractivity contribution is -0.132. The largest absolute Gasteiger partial charge is 0.504 e. The summed E-state index contributed by atoms with van der Waals surface area (Å²) in [5.41, 5.74) is 0.868. The molecule has 0 aliphatic carbocycles. The van der Waals surface area contributed by atoms with Crippen molar-refractivity contribution in [2.45, 2.75) is 6.54 Å². The molecule has 1 N–H and O–H groups in total. The van der Waals surface area contributed by atoms with E-state index in [0.29, 0.717) is 16.6 Å². The van der Waals surface area contributed by atoms with E-state index in [1.165, 1.54) is 11.0 Å². The van der Waals surface area contributed by atoms with Crippen LogP contribution in [0.1, 0.15) is 5.56 Å². The number of carbonyl (C=O) groups excluding carboxylic acids is 1. The smallest absolute Gasteiger partial charge is 0.260 e. The van der Waals surface area contributed by atoms with E-state index >= 15 is 0 Å². The molecule has 0 aliphatic rings. The fourth-order valence-electron chi connectivity index (χ4n) is 1.83. The molecule has 4 nitrogen and oxygen atoms in total. The molecule has 1 amide bonds. The van der Waals surface area contributed by atoms with E-state index in [4.69, 9.17) is 27.9 Å². The highest BCUT2D eigenvalue weighted by atomic mass is 35.5. The first-order valence-corrected chi connectivity index (χ1v) is 7.31. The zero-order valence-corrected chi connectivity index (χ0v) is 13.4. The number of halogens is 2. The van der Waals surface area contributed by atoms with Crippen molar-refractivity contribution in [1.29, 1.82) is 0 Å². The maximum atomic E-state index is 12.0. The number of hydrogen-bond acceptors (Lipinski definition) is 3. The van der Waals surface area contributed by atoms with Crippen molar-refractivity contribution in [2.75, 3.05) is 13.7 Å². The number of likely N-dealkylation sites (N-methyl/N-ethyl adjacent to an activating group) is 1. The Hall–Kier alpha value is -1.91. The van der Waals surface area contributed by atoms with Crippen LogP contribution in [0.2, 0.25) is 10.0 Å². The van der Waals surface area contributed by atoms with Crippen molar-refractivity contribution in [1.82, 2.24) is 4.90 Å². The lowest BCUT2D eigenvalue weighted by Crippen LogP contribution is -2.30. The number of rotatable bonds is 5. The number of hydrogen-bond donors (Lipinski definition) is 1. The standard InChI is InChI=1S/C16H15Cl2NO3/c1-19(9-11-6-7-12(17)13(18)8-11)16(21)10-22-15-5-3-2-4-14(15)20/h2-8,20H,9-10H2,1H3. The van der Waals surface area contributed by atoms with Gasteiger partial charge >= 0.3 is 0 Å². The molecule has 22 heavy (non-hydrogen) atoms. The van der Waals surface area contributed by atoms with Crippen molar-refractivity contribution in [3.05, 3.63) is 58.1 Å². The molecule has 0 atom stereocenters. The molecule has 0 radical (unpaired) electrons. The van der Waals surface area contributed by atoms with Crippen molar-refractivity contribution in [3.8, 4) is 11.5 Å². The molecule has 0 saturated carbocycles. The predicted molar refractivity (Wildman–Crippen MR) is 86.5 cm³/mol. The summed E-state index contributed by atoms with van der Waals surface area (Å²) in [6, 6.07) is 11.7. The maximum Gasteiger partial charge on any atom is 0.260 e. The highest BCUT2D eigenvalue weighted by Gasteiger charge is 2.12. The van der Waals surface area contributed by atoms with Gasteiger partial charge in [-0.3, -0.25) is 4.79 Å². The molecule has 0 aliphatic heterocycles. The molecule has 0 aromatic heterocycles. The highest BCUT2D eigenvalue weighted by molar-refractivity contribution is 6.42. The Morgan fingerprint density at radius 1 is 1.18 bits per heavy atom. The SMILES string of the molecule is CN(Cc1ccc(Cl)c(Cl)c1)C(=O)COc1ccccc1O. The Morgan fingerprint density at radius 3 is 2.59 bits per heavy atom. The van der Waals surface area contributed by atoms with Crippen LogP contribution in [-0.2, 0) is 11.3 Å². The Labute approximate surface area is 138 Å². The van der Waals surface area contributed by atoms with Crippen LogP contribution in [0.25, 0.3) is 0 Å². The van der Waals surface area contributed by atoms with Gasteiger partial charge < -0.3 is 14.7 Å². The van der Waals surface area contributed by atoms with Gasteiger partial charge in [-0.2, -0.15) is 0 Å². The number of carbonyl (C=O) groups is 1. The lowest BCUT2D eigenvalue weighted by Gasteiger charge is -2.18. The van der Waals surface area contributed by atoms with Gasteiger partial charge in [0.1, 0.15) is 0 Å². The van der Waals surface area contributed by atoms with E-state index in [0.717, 1.165) is 5.56 Å². The maximum absolute atomic E-state index is 12.0. The normalized spacial score (nSPS) is 10.3. The van der Waals surface area contributed by atoms with Crippen molar-refractivity contribution in [3.63, 3.8) is 0 Å². The Balaban J connectivity index is 1.92. The zero-order valence-electron chi connectivity index (χ0n) is 11.9. The Kier molecular flexibility index (Phi) is 5.52. The van der Waals surface area contributed by atoms with Gasteiger partial charge in [0.2, 0.25) is 0 Å². The molecule has 0 bridgehead atoms. The molecule has 2 rings (SSSR count). The average Bonchev–Trinajstić information content (AvgIpc) is 2.50. The van der Waals surface area contributed by atoms with Crippen molar-refractivity contribution in [2.24, 2.45) is 0 Å². The van der Waals surface area contributed by atoms with Crippen molar-refractivity contribution < 1.29 is 14.6 Å². The van der Waals surface area contributed by atoms with Crippen LogP contribution < -0.4 is 4.74 Å². The first-order valence-electron chi connectivity index (χ1n) is 6.56. The van der Waals surface area contributed by atoms with Gasteiger partial charge in [-0.1, -0.05) is 41.4 Å². The molecule has 0 heterocycles. The third-order valence-corrected chi connectivity index (χ3v) is 3.78. The van der Waals surface area contributed by atoms with Crippen LogP contribution in [0, 0.1) is 0 Å². The van der Waals surface area contributed by atoms with Crippen LogP contribution in [0.4, 0.5) is 0 Å². The van der Waals surface area contributed by atoms with Gasteiger partial charge in [0.15, 0.2) is 18.1 Å². The summed E-state index contributed by atoms with van der Waals surface area (Å²) in [5.74, 6) is 0.0653. The second kappa shape index (κ2) is 7.38. The van der Waals surface area contributed by atoms with Crippen molar-refractivity contribution >= 4 is 29.1 Å². The molecular formula is C16H15Cl2NO3. The van der Waals surface area contributed by atoms with E-state index in [9.17, 15) is 9.90 Å². The Morgan fingerprint density at radius 2 is 1.91 bits per heavy atom. The zero-order chi connectivity index (χ0) is 16.1. The van der Waals surface area contributed by atoms with E-state index in [1.807, 2.05) is 6.07 Å². The predicted octanol–water partition coefficient (Wildman–Crippen LogP) is 3.74. The quantitative estimate of drug-likeness (QED) is 0.902. The number of nitrogens with zero attached hydrogens (tertiary/aromatic N) is 1.